The predicted octanol–water partition coefficient (Wildman–Crippen LogP) is 4.04. The van der Waals surface area contributed by atoms with E-state index in [4.69, 9.17) is 4.74 Å². The van der Waals surface area contributed by atoms with Gasteiger partial charge in [0.1, 0.15) is 17.6 Å². The lowest BCUT2D eigenvalue weighted by molar-refractivity contribution is -0.0504. The second-order valence-electron chi connectivity index (χ2n) is 5.53. The van der Waals surface area contributed by atoms with Gasteiger partial charge in [0.2, 0.25) is 0 Å². The zero-order chi connectivity index (χ0) is 18.8. The second-order valence-corrected chi connectivity index (χ2v) is 5.53. The van der Waals surface area contributed by atoms with Crippen LogP contribution in [0, 0.1) is 0 Å². The molecular weight excluding hydrogens is 467 g/mol. The number of nitrogens with one attached hydrogen (secondary N) is 2. The highest BCUT2D eigenvalue weighted by Gasteiger charge is 2.10. The van der Waals surface area contributed by atoms with Crippen molar-refractivity contribution >= 4 is 29.9 Å². The molecule has 0 fully saturated rings. The van der Waals surface area contributed by atoms with Crippen LogP contribution in [0.4, 0.5) is 8.78 Å². The summed E-state index contributed by atoms with van der Waals surface area (Å²) in [6, 6.07) is 16.2. The summed E-state index contributed by atoms with van der Waals surface area (Å²) in [4.78, 5) is 4.12. The Bertz CT molecular complexity index is 702. The van der Waals surface area contributed by atoms with E-state index in [9.17, 15) is 8.78 Å². The van der Waals surface area contributed by atoms with Crippen LogP contribution in [0.5, 0.6) is 11.5 Å². The van der Waals surface area contributed by atoms with E-state index in [1.165, 1.54) is 6.07 Å². The number of halogens is 3. The zero-order valence-electron chi connectivity index (χ0n) is 15.2. The lowest BCUT2D eigenvalue weighted by Crippen LogP contribution is -2.41. The number of rotatable bonds is 8. The fraction of sp³-hybridized carbons (Fsp3) is 0.316. The van der Waals surface area contributed by atoms with Gasteiger partial charge in [-0.2, -0.15) is 8.78 Å². The molecule has 0 aliphatic heterocycles. The van der Waals surface area contributed by atoms with Crippen LogP contribution >= 0.6 is 24.0 Å². The third kappa shape index (κ3) is 8.42. The van der Waals surface area contributed by atoms with Crippen molar-refractivity contribution in [3.63, 3.8) is 0 Å². The highest BCUT2D eigenvalue weighted by atomic mass is 127. The van der Waals surface area contributed by atoms with Crippen LogP contribution < -0.4 is 20.1 Å². The topological polar surface area (TPSA) is 54.9 Å². The van der Waals surface area contributed by atoms with Crippen molar-refractivity contribution in [1.82, 2.24) is 10.6 Å². The number of aliphatic imine (C=N–C) groups is 1. The summed E-state index contributed by atoms with van der Waals surface area (Å²) in [6.07, 6.45) is -0.0783. The number of para-hydroxylation sites is 2. The number of benzene rings is 2. The first-order valence-electron chi connectivity index (χ1n) is 8.27. The van der Waals surface area contributed by atoms with E-state index in [1.54, 1.807) is 25.2 Å². The number of nitrogens with zero attached hydrogens (tertiary/aromatic N) is 1. The maximum Gasteiger partial charge on any atom is 0.387 e. The normalized spacial score (nSPS) is 12.1. The third-order valence-corrected chi connectivity index (χ3v) is 3.50. The van der Waals surface area contributed by atoms with Gasteiger partial charge in [0.05, 0.1) is 6.54 Å². The molecule has 2 rings (SSSR count). The van der Waals surface area contributed by atoms with Gasteiger partial charge >= 0.3 is 6.61 Å². The molecule has 148 valence electrons. The van der Waals surface area contributed by atoms with E-state index < -0.39 is 6.61 Å². The van der Waals surface area contributed by atoms with Gasteiger partial charge in [-0.15, -0.1) is 24.0 Å². The van der Waals surface area contributed by atoms with Gasteiger partial charge < -0.3 is 20.1 Å². The Morgan fingerprint density at radius 2 is 1.67 bits per heavy atom. The average Bonchev–Trinajstić information content (AvgIpc) is 2.63. The predicted molar refractivity (Wildman–Crippen MR) is 113 cm³/mol. The van der Waals surface area contributed by atoms with Gasteiger partial charge in [-0.05, 0) is 25.1 Å². The van der Waals surface area contributed by atoms with Gasteiger partial charge in [-0.25, -0.2) is 0 Å². The average molecular weight is 491 g/mol. The molecule has 0 saturated heterocycles. The fourth-order valence-corrected chi connectivity index (χ4v) is 2.27. The minimum absolute atomic E-state index is 0. The Morgan fingerprint density at radius 3 is 2.33 bits per heavy atom. The molecule has 0 spiro atoms. The quantitative estimate of drug-likeness (QED) is 0.333. The maximum absolute atomic E-state index is 12.5. The van der Waals surface area contributed by atoms with Crippen LogP contribution in [0.15, 0.2) is 59.6 Å². The van der Waals surface area contributed by atoms with Crippen LogP contribution in [0.25, 0.3) is 0 Å². The van der Waals surface area contributed by atoms with Crippen LogP contribution in [0.3, 0.4) is 0 Å². The minimum Gasteiger partial charge on any atom is -0.489 e. The Kier molecular flexibility index (Phi) is 10.5. The van der Waals surface area contributed by atoms with Gasteiger partial charge in [-0.1, -0.05) is 36.4 Å². The van der Waals surface area contributed by atoms with Crippen molar-refractivity contribution < 1.29 is 18.3 Å². The van der Waals surface area contributed by atoms with Crippen molar-refractivity contribution in [2.24, 2.45) is 4.99 Å². The fourth-order valence-electron chi connectivity index (χ4n) is 2.27. The Labute approximate surface area is 175 Å². The van der Waals surface area contributed by atoms with E-state index in [0.29, 0.717) is 24.6 Å². The molecule has 27 heavy (non-hydrogen) atoms. The minimum atomic E-state index is -2.86. The van der Waals surface area contributed by atoms with Crippen LogP contribution in [-0.2, 0) is 6.54 Å². The summed E-state index contributed by atoms with van der Waals surface area (Å²) in [6.45, 7) is -0.0798. The second kappa shape index (κ2) is 12.3. The van der Waals surface area contributed by atoms with E-state index in [1.807, 2.05) is 37.3 Å². The highest BCUT2D eigenvalue weighted by Crippen LogP contribution is 2.19. The maximum atomic E-state index is 12.5. The van der Waals surface area contributed by atoms with Crippen molar-refractivity contribution in [1.29, 1.82) is 0 Å². The number of ether oxygens (including phenoxy) is 2. The Hall–Kier alpha value is -2.10. The molecular formula is C19H24F2IN3O2. The first-order chi connectivity index (χ1) is 12.6. The molecule has 0 aromatic heterocycles. The first kappa shape index (κ1) is 22.9. The number of guanidine groups is 1. The molecule has 2 aromatic carbocycles. The van der Waals surface area contributed by atoms with E-state index in [2.05, 4.69) is 20.4 Å². The van der Waals surface area contributed by atoms with Gasteiger partial charge in [0, 0.05) is 19.2 Å². The molecule has 0 bridgehead atoms. The smallest absolute Gasteiger partial charge is 0.387 e. The monoisotopic (exact) mass is 491 g/mol. The SMILES string of the molecule is CN=C(NCc1ccccc1OC(F)F)NCC(C)Oc1ccccc1.I. The summed E-state index contributed by atoms with van der Waals surface area (Å²) in [5, 5.41) is 6.22. The molecule has 0 saturated carbocycles. The molecule has 0 radical (unpaired) electrons. The molecule has 0 aliphatic rings. The molecule has 0 heterocycles. The molecule has 2 N–H and O–H groups in total. The molecule has 8 heteroatoms. The summed E-state index contributed by atoms with van der Waals surface area (Å²) in [7, 11) is 1.64. The molecule has 0 aliphatic carbocycles. The number of hydrogen-bond acceptors (Lipinski definition) is 3. The lowest BCUT2D eigenvalue weighted by Gasteiger charge is -2.18. The van der Waals surface area contributed by atoms with Crippen LogP contribution in [0.1, 0.15) is 12.5 Å². The van der Waals surface area contributed by atoms with Crippen LogP contribution in [0.2, 0.25) is 0 Å². The lowest BCUT2D eigenvalue weighted by atomic mass is 10.2. The van der Waals surface area contributed by atoms with Crippen molar-refractivity contribution in [2.45, 2.75) is 26.2 Å². The van der Waals surface area contributed by atoms with E-state index >= 15 is 0 Å². The highest BCUT2D eigenvalue weighted by molar-refractivity contribution is 14.0. The largest absolute Gasteiger partial charge is 0.489 e. The van der Waals surface area contributed by atoms with Crippen molar-refractivity contribution in [3.05, 3.63) is 60.2 Å². The van der Waals surface area contributed by atoms with E-state index in [-0.39, 0.29) is 35.8 Å². The van der Waals surface area contributed by atoms with Gasteiger partial charge in [0.15, 0.2) is 5.96 Å². The summed E-state index contributed by atoms with van der Waals surface area (Å²) >= 11 is 0. The van der Waals surface area contributed by atoms with Gasteiger partial charge in [-0.3, -0.25) is 4.99 Å². The summed E-state index contributed by atoms with van der Waals surface area (Å²) in [5.74, 6) is 1.48. The van der Waals surface area contributed by atoms with E-state index in [0.717, 1.165) is 5.75 Å². The first-order valence-corrected chi connectivity index (χ1v) is 8.27. The molecule has 2 aromatic rings. The third-order valence-electron chi connectivity index (χ3n) is 3.50. The van der Waals surface area contributed by atoms with Gasteiger partial charge in [0.25, 0.3) is 0 Å². The van der Waals surface area contributed by atoms with Crippen LogP contribution in [-0.4, -0.2) is 32.3 Å². The van der Waals surface area contributed by atoms with Crippen molar-refractivity contribution in [3.8, 4) is 11.5 Å². The Morgan fingerprint density at radius 1 is 1.00 bits per heavy atom. The molecule has 1 atom stereocenters. The van der Waals surface area contributed by atoms with Crippen molar-refractivity contribution in [2.75, 3.05) is 13.6 Å². The number of alkyl halides is 2. The summed E-state index contributed by atoms with van der Waals surface area (Å²) in [5.41, 5.74) is 0.615. The molecule has 5 nitrogen and oxygen atoms in total. The summed E-state index contributed by atoms with van der Waals surface area (Å²) < 4.78 is 35.2. The standard InChI is InChI=1S/C19H23F2N3O2.HI/c1-14(25-16-9-4-3-5-10-16)12-23-19(22-2)24-13-15-8-6-7-11-17(15)26-18(20)21;/h3-11,14,18H,12-13H2,1-2H3,(H2,22,23,24);1H. The Balaban J connectivity index is 0.00000364. The molecule has 0 amide bonds. The molecule has 1 unspecified atom stereocenters. The number of hydrogen-bond donors (Lipinski definition) is 2. The zero-order valence-corrected chi connectivity index (χ0v) is 17.5.